The first kappa shape index (κ1) is 24.5. The first-order chi connectivity index (χ1) is 17.0. The van der Waals surface area contributed by atoms with Crippen LogP contribution in [0.3, 0.4) is 0 Å². The summed E-state index contributed by atoms with van der Waals surface area (Å²) in [4.78, 5) is 7.50. The van der Waals surface area contributed by atoms with Crippen LogP contribution in [0.4, 0.5) is 11.4 Å². The van der Waals surface area contributed by atoms with Crippen molar-refractivity contribution in [3.63, 3.8) is 0 Å². The van der Waals surface area contributed by atoms with Gasteiger partial charge in [-0.3, -0.25) is 4.99 Å². The maximum Gasteiger partial charge on any atom is 0.0849 e. The zero-order valence-electron chi connectivity index (χ0n) is 19.5. The van der Waals surface area contributed by atoms with E-state index in [1.807, 2.05) is 111 Å². The molecule has 0 unspecified atom stereocenters. The fourth-order valence-electron chi connectivity index (χ4n) is 3.24. The lowest BCUT2D eigenvalue weighted by Crippen LogP contribution is -1.94. The van der Waals surface area contributed by atoms with E-state index < -0.39 is 21.6 Å². The monoisotopic (exact) mass is 498 g/mol. The van der Waals surface area contributed by atoms with Gasteiger partial charge in [0.25, 0.3) is 0 Å². The smallest absolute Gasteiger partial charge is 0.0849 e. The van der Waals surface area contributed by atoms with E-state index >= 15 is 0 Å². The van der Waals surface area contributed by atoms with Crippen molar-refractivity contribution in [3.05, 3.63) is 120 Å². The molecule has 0 aromatic heterocycles. The third kappa shape index (κ3) is 6.72. The Balaban J connectivity index is 1.30. The minimum atomic E-state index is -1.21. The van der Waals surface area contributed by atoms with Crippen LogP contribution >= 0.6 is 0 Å². The lowest BCUT2D eigenvalue weighted by Gasteiger charge is -2.05. The lowest BCUT2D eigenvalue weighted by molar-refractivity contribution is 0.682. The Hall–Kier alpha value is -3.61. The topological polar surface area (TPSA) is 58.5 Å². The third-order valence-electron chi connectivity index (χ3n) is 5.25. The first-order valence-electron chi connectivity index (χ1n) is 11.1. The summed E-state index contributed by atoms with van der Waals surface area (Å²) in [6.45, 7) is 4.02. The summed E-state index contributed by atoms with van der Waals surface area (Å²) in [5, 5.41) is 3.18. The Labute approximate surface area is 211 Å². The summed E-state index contributed by atoms with van der Waals surface area (Å²) in [6.07, 6.45) is 5.28. The van der Waals surface area contributed by atoms with Crippen LogP contribution in [0.2, 0.25) is 0 Å². The molecule has 1 N–H and O–H groups in total. The number of anilines is 1. The van der Waals surface area contributed by atoms with Crippen LogP contribution in [0.5, 0.6) is 0 Å². The quantitative estimate of drug-likeness (QED) is 0.267. The molecule has 0 spiro atoms. The Kier molecular flexibility index (Phi) is 8.19. The van der Waals surface area contributed by atoms with E-state index in [0.29, 0.717) is 0 Å². The summed E-state index contributed by atoms with van der Waals surface area (Å²) in [6, 6.07) is 30.4. The molecule has 4 aromatic rings. The highest BCUT2D eigenvalue weighted by molar-refractivity contribution is 7.85. The number of benzene rings is 4. The van der Waals surface area contributed by atoms with Gasteiger partial charge in [0.1, 0.15) is 0 Å². The Morgan fingerprint density at radius 1 is 0.600 bits per heavy atom. The number of aryl methyl sites for hydroxylation is 2. The number of nitrogens with zero attached hydrogens (tertiary/aromatic N) is 1. The number of rotatable bonds is 8. The predicted molar refractivity (Wildman–Crippen MR) is 146 cm³/mol. The van der Waals surface area contributed by atoms with Crippen LogP contribution in [0.15, 0.2) is 134 Å². The summed E-state index contributed by atoms with van der Waals surface area (Å²) < 4.78 is 25.4. The van der Waals surface area contributed by atoms with Gasteiger partial charge in [-0.05, 0) is 92.7 Å². The maximum absolute atomic E-state index is 12.7. The molecule has 0 saturated heterocycles. The molecule has 4 aromatic carbocycles. The maximum atomic E-state index is 12.7. The van der Waals surface area contributed by atoms with Gasteiger partial charge in [-0.1, -0.05) is 35.4 Å². The number of nitrogens with one attached hydrogen (secondary N) is 1. The molecular formula is C29H26N2O2S2. The fourth-order valence-corrected chi connectivity index (χ4v) is 5.32. The van der Waals surface area contributed by atoms with Crippen molar-refractivity contribution in [3.8, 4) is 0 Å². The van der Waals surface area contributed by atoms with E-state index in [1.165, 1.54) is 0 Å². The van der Waals surface area contributed by atoms with Crippen LogP contribution < -0.4 is 5.32 Å². The SMILES string of the molecule is Cc1ccc([S@@](=O)c2ccc(N=C/C=C/Nc3ccc([S@](=O)c4ccc(C)cc4)cc3)cc2)cc1. The normalized spacial score (nSPS) is 13.2. The van der Waals surface area contributed by atoms with Crippen LogP contribution in [0.25, 0.3) is 0 Å². The van der Waals surface area contributed by atoms with Crippen LogP contribution in [-0.2, 0) is 21.6 Å². The summed E-state index contributed by atoms with van der Waals surface area (Å²) in [5.41, 5.74) is 3.96. The largest absolute Gasteiger partial charge is 0.362 e. The molecule has 4 nitrogen and oxygen atoms in total. The third-order valence-corrected chi connectivity index (χ3v) is 8.05. The van der Waals surface area contributed by atoms with Gasteiger partial charge in [-0.15, -0.1) is 0 Å². The van der Waals surface area contributed by atoms with Crippen molar-refractivity contribution >= 4 is 39.2 Å². The van der Waals surface area contributed by atoms with Crippen molar-refractivity contribution < 1.29 is 8.42 Å². The molecule has 35 heavy (non-hydrogen) atoms. The van der Waals surface area contributed by atoms with Crippen molar-refractivity contribution in [1.82, 2.24) is 0 Å². The second-order valence-corrected chi connectivity index (χ2v) is 10.9. The molecule has 0 amide bonds. The molecule has 0 bridgehead atoms. The molecular weight excluding hydrogens is 472 g/mol. The average Bonchev–Trinajstić information content (AvgIpc) is 2.89. The molecule has 4 rings (SSSR count). The molecule has 0 aliphatic rings. The van der Waals surface area contributed by atoms with Gasteiger partial charge < -0.3 is 5.32 Å². The van der Waals surface area contributed by atoms with Crippen molar-refractivity contribution in [1.29, 1.82) is 0 Å². The Morgan fingerprint density at radius 2 is 1.00 bits per heavy atom. The van der Waals surface area contributed by atoms with E-state index in [9.17, 15) is 8.42 Å². The van der Waals surface area contributed by atoms with Gasteiger partial charge in [0.15, 0.2) is 0 Å². The number of hydrogen-bond acceptors (Lipinski definition) is 4. The molecule has 176 valence electrons. The predicted octanol–water partition coefficient (Wildman–Crippen LogP) is 6.96. The van der Waals surface area contributed by atoms with Crippen molar-refractivity contribution in [2.24, 2.45) is 4.99 Å². The highest BCUT2D eigenvalue weighted by atomic mass is 32.2. The Bertz CT molecular complexity index is 1380. The zero-order chi connectivity index (χ0) is 24.6. The van der Waals surface area contributed by atoms with Crippen molar-refractivity contribution in [2.75, 3.05) is 5.32 Å². The van der Waals surface area contributed by atoms with E-state index in [2.05, 4.69) is 10.3 Å². The molecule has 0 aliphatic carbocycles. The molecule has 0 radical (unpaired) electrons. The Morgan fingerprint density at radius 3 is 1.46 bits per heavy atom. The van der Waals surface area contributed by atoms with E-state index in [0.717, 1.165) is 42.1 Å². The van der Waals surface area contributed by atoms with Gasteiger partial charge in [-0.25, -0.2) is 8.42 Å². The summed E-state index contributed by atoms with van der Waals surface area (Å²) in [5.74, 6) is 0. The standard InChI is InChI=1S/C29H26N2O2S2/c1-22-4-12-26(13-5-22)34(32)28-16-8-24(9-17-28)30-20-3-21-31-25-10-18-29(19-11-25)35(33)27-14-6-23(2)7-15-27/h3-21,30H,1-2H3/b20-3+,31-21?/t34-,35-/m1/s1. The molecule has 0 fully saturated rings. The fraction of sp³-hybridized carbons (Fsp3) is 0.0690. The number of hydrogen-bond donors (Lipinski definition) is 1. The van der Waals surface area contributed by atoms with E-state index in [-0.39, 0.29) is 0 Å². The molecule has 6 heteroatoms. The minimum Gasteiger partial charge on any atom is -0.362 e. The summed E-state index contributed by atoms with van der Waals surface area (Å²) >= 11 is 0. The van der Waals surface area contributed by atoms with Gasteiger partial charge >= 0.3 is 0 Å². The second-order valence-electron chi connectivity index (χ2n) is 7.96. The summed E-state index contributed by atoms with van der Waals surface area (Å²) in [7, 11) is -2.40. The van der Waals surface area contributed by atoms with Gasteiger partial charge in [0.2, 0.25) is 0 Å². The van der Waals surface area contributed by atoms with Gasteiger partial charge in [0, 0.05) is 37.7 Å². The molecule has 2 atom stereocenters. The second kappa shape index (κ2) is 11.7. The van der Waals surface area contributed by atoms with Crippen LogP contribution in [-0.4, -0.2) is 14.6 Å². The highest BCUT2D eigenvalue weighted by Crippen LogP contribution is 2.21. The first-order valence-corrected chi connectivity index (χ1v) is 13.4. The average molecular weight is 499 g/mol. The zero-order valence-corrected chi connectivity index (χ0v) is 21.2. The van der Waals surface area contributed by atoms with E-state index in [4.69, 9.17) is 0 Å². The highest BCUT2D eigenvalue weighted by Gasteiger charge is 2.07. The lowest BCUT2D eigenvalue weighted by atomic mass is 10.2. The van der Waals surface area contributed by atoms with Gasteiger partial charge in [0.05, 0.1) is 27.3 Å². The molecule has 0 saturated carbocycles. The van der Waals surface area contributed by atoms with Crippen LogP contribution in [0.1, 0.15) is 11.1 Å². The molecule has 0 heterocycles. The minimum absolute atomic E-state index is 0.747. The van der Waals surface area contributed by atoms with E-state index in [1.54, 1.807) is 18.5 Å². The number of allylic oxidation sites excluding steroid dienone is 1. The molecule has 0 aliphatic heterocycles. The van der Waals surface area contributed by atoms with Crippen molar-refractivity contribution in [2.45, 2.75) is 33.4 Å². The number of aliphatic imine (C=N–C) groups is 1. The van der Waals surface area contributed by atoms with Crippen LogP contribution in [0, 0.1) is 13.8 Å². The van der Waals surface area contributed by atoms with Gasteiger partial charge in [-0.2, -0.15) is 0 Å².